The molecule has 1 N–H and O–H groups in total. The molecule has 0 aromatic heterocycles. The van der Waals surface area contributed by atoms with Gasteiger partial charge in [0.15, 0.2) is 0 Å². The molecule has 0 heterocycles. The summed E-state index contributed by atoms with van der Waals surface area (Å²) in [6.07, 6.45) is 6.64. The molecule has 1 unspecified atom stereocenters. The molecule has 0 bridgehead atoms. The molecule has 2 heteroatoms. The van der Waals surface area contributed by atoms with Crippen molar-refractivity contribution in [3.63, 3.8) is 0 Å². The molecule has 1 aliphatic rings. The van der Waals surface area contributed by atoms with Gasteiger partial charge < -0.3 is 10.1 Å². The van der Waals surface area contributed by atoms with E-state index in [-0.39, 0.29) is 0 Å². The van der Waals surface area contributed by atoms with E-state index >= 15 is 0 Å². The second-order valence-electron chi connectivity index (χ2n) is 4.84. The minimum atomic E-state index is 0.451. The van der Waals surface area contributed by atoms with E-state index in [4.69, 9.17) is 4.74 Å². The summed E-state index contributed by atoms with van der Waals surface area (Å²) in [5.74, 6) is 1.02. The van der Waals surface area contributed by atoms with Crippen molar-refractivity contribution in [3.8, 4) is 5.75 Å². The summed E-state index contributed by atoms with van der Waals surface area (Å²) in [6.45, 7) is 2.20. The topological polar surface area (TPSA) is 21.3 Å². The highest BCUT2D eigenvalue weighted by Gasteiger charge is 2.16. The first-order chi connectivity index (χ1) is 8.33. The molecule has 0 radical (unpaired) electrons. The third-order valence-corrected chi connectivity index (χ3v) is 3.64. The molecule has 1 aliphatic carbocycles. The van der Waals surface area contributed by atoms with E-state index in [1.54, 1.807) is 0 Å². The monoisotopic (exact) mass is 233 g/mol. The molecule has 0 amide bonds. The van der Waals surface area contributed by atoms with E-state index in [1.807, 2.05) is 7.05 Å². The lowest BCUT2D eigenvalue weighted by atomic mass is 10.0. The van der Waals surface area contributed by atoms with Crippen LogP contribution in [-0.2, 0) is 0 Å². The third kappa shape index (κ3) is 3.22. The highest BCUT2D eigenvalue weighted by Crippen LogP contribution is 2.25. The fourth-order valence-electron chi connectivity index (χ4n) is 2.58. The molecule has 94 valence electrons. The van der Waals surface area contributed by atoms with Crippen LogP contribution in [0.2, 0.25) is 0 Å². The molecule has 0 aliphatic heterocycles. The number of hydrogen-bond acceptors (Lipinski definition) is 2. The predicted molar refractivity (Wildman–Crippen MR) is 71.4 cm³/mol. The first-order valence-corrected chi connectivity index (χ1v) is 6.77. The van der Waals surface area contributed by atoms with Crippen molar-refractivity contribution in [1.82, 2.24) is 5.32 Å². The van der Waals surface area contributed by atoms with Crippen LogP contribution in [0.4, 0.5) is 0 Å². The Morgan fingerprint density at radius 3 is 2.41 bits per heavy atom. The molecule has 1 aromatic carbocycles. The van der Waals surface area contributed by atoms with Crippen LogP contribution in [-0.4, -0.2) is 13.2 Å². The zero-order valence-corrected chi connectivity index (χ0v) is 10.9. The van der Waals surface area contributed by atoms with Crippen molar-refractivity contribution >= 4 is 0 Å². The number of ether oxygens (including phenoxy) is 1. The Labute approximate surface area is 104 Å². The Hall–Kier alpha value is -1.02. The zero-order chi connectivity index (χ0) is 12.1. The van der Waals surface area contributed by atoms with Gasteiger partial charge in [0.1, 0.15) is 5.75 Å². The normalized spacial score (nSPS) is 18.2. The average Bonchev–Trinajstić information content (AvgIpc) is 2.86. The molecule has 0 spiro atoms. The lowest BCUT2D eigenvalue weighted by Crippen LogP contribution is -2.15. The van der Waals surface area contributed by atoms with E-state index in [1.165, 1.54) is 31.2 Å². The average molecular weight is 233 g/mol. The highest BCUT2D eigenvalue weighted by atomic mass is 16.5. The lowest BCUT2D eigenvalue weighted by Gasteiger charge is -2.16. The Balaban J connectivity index is 1.96. The minimum Gasteiger partial charge on any atom is -0.490 e. The Morgan fingerprint density at radius 2 is 1.88 bits per heavy atom. The molecule has 1 aromatic rings. The summed E-state index contributed by atoms with van der Waals surface area (Å²) in [4.78, 5) is 0. The number of nitrogens with one attached hydrogen (secondary N) is 1. The van der Waals surface area contributed by atoms with E-state index in [0.717, 1.165) is 12.2 Å². The van der Waals surface area contributed by atoms with Gasteiger partial charge in [0, 0.05) is 6.04 Å². The molecule has 0 saturated heterocycles. The van der Waals surface area contributed by atoms with Gasteiger partial charge >= 0.3 is 0 Å². The summed E-state index contributed by atoms with van der Waals surface area (Å²) in [5.41, 5.74) is 1.34. The maximum Gasteiger partial charge on any atom is 0.119 e. The van der Waals surface area contributed by atoms with Crippen molar-refractivity contribution in [3.05, 3.63) is 29.8 Å². The second-order valence-corrected chi connectivity index (χ2v) is 4.84. The van der Waals surface area contributed by atoms with Crippen molar-refractivity contribution in [2.75, 3.05) is 7.05 Å². The van der Waals surface area contributed by atoms with Gasteiger partial charge in [0.2, 0.25) is 0 Å². The van der Waals surface area contributed by atoms with Crippen LogP contribution >= 0.6 is 0 Å². The fraction of sp³-hybridized carbons (Fsp3) is 0.600. The predicted octanol–water partition coefficient (Wildman–Crippen LogP) is 3.68. The molecular weight excluding hydrogens is 210 g/mol. The van der Waals surface area contributed by atoms with Crippen LogP contribution in [0.3, 0.4) is 0 Å². The lowest BCUT2D eigenvalue weighted by molar-refractivity contribution is 0.210. The smallest absolute Gasteiger partial charge is 0.119 e. The van der Waals surface area contributed by atoms with E-state index in [2.05, 4.69) is 36.5 Å². The number of rotatable bonds is 5. The van der Waals surface area contributed by atoms with E-state index < -0.39 is 0 Å². The van der Waals surface area contributed by atoms with E-state index in [9.17, 15) is 0 Å². The van der Waals surface area contributed by atoms with Crippen LogP contribution in [0.1, 0.15) is 50.6 Å². The van der Waals surface area contributed by atoms with Crippen molar-refractivity contribution in [1.29, 1.82) is 0 Å². The van der Waals surface area contributed by atoms with Crippen molar-refractivity contribution in [2.24, 2.45) is 0 Å². The van der Waals surface area contributed by atoms with Crippen LogP contribution in [0.25, 0.3) is 0 Å². The van der Waals surface area contributed by atoms with Gasteiger partial charge in [-0.2, -0.15) is 0 Å². The van der Waals surface area contributed by atoms with E-state index in [0.29, 0.717) is 12.1 Å². The van der Waals surface area contributed by atoms with Crippen LogP contribution < -0.4 is 10.1 Å². The van der Waals surface area contributed by atoms with Crippen LogP contribution in [0.5, 0.6) is 5.75 Å². The van der Waals surface area contributed by atoms with Crippen molar-refractivity contribution < 1.29 is 4.74 Å². The molecule has 2 nitrogen and oxygen atoms in total. The van der Waals surface area contributed by atoms with Gasteiger partial charge in [-0.15, -0.1) is 0 Å². The van der Waals surface area contributed by atoms with Gasteiger partial charge in [0.25, 0.3) is 0 Å². The first-order valence-electron chi connectivity index (χ1n) is 6.77. The summed E-state index contributed by atoms with van der Waals surface area (Å²) in [7, 11) is 2.01. The van der Waals surface area contributed by atoms with Crippen molar-refractivity contribution in [2.45, 2.75) is 51.2 Å². The largest absolute Gasteiger partial charge is 0.490 e. The molecule has 1 saturated carbocycles. The van der Waals surface area contributed by atoms with Gasteiger partial charge in [-0.3, -0.25) is 0 Å². The molecule has 1 atom stereocenters. The quantitative estimate of drug-likeness (QED) is 0.837. The fourth-order valence-corrected chi connectivity index (χ4v) is 2.58. The second kappa shape index (κ2) is 6.06. The van der Waals surface area contributed by atoms with Gasteiger partial charge in [-0.25, -0.2) is 0 Å². The maximum absolute atomic E-state index is 5.96. The highest BCUT2D eigenvalue weighted by molar-refractivity contribution is 5.29. The summed E-state index contributed by atoms with van der Waals surface area (Å²) < 4.78 is 5.96. The Kier molecular flexibility index (Phi) is 4.43. The SMILES string of the molecule is CCC(NC)c1ccc(OC2CCCC2)cc1. The molecule has 1 fully saturated rings. The molecule has 17 heavy (non-hydrogen) atoms. The van der Waals surface area contributed by atoms with Crippen LogP contribution in [0, 0.1) is 0 Å². The summed E-state index contributed by atoms with van der Waals surface area (Å²) >= 11 is 0. The zero-order valence-electron chi connectivity index (χ0n) is 10.9. The summed E-state index contributed by atoms with van der Waals surface area (Å²) in [6, 6.07) is 9.01. The van der Waals surface area contributed by atoms with Gasteiger partial charge in [0.05, 0.1) is 6.10 Å². The van der Waals surface area contributed by atoms with Gasteiger partial charge in [-0.1, -0.05) is 19.1 Å². The first kappa shape index (κ1) is 12.4. The molecular formula is C15H23NO. The Bertz CT molecular complexity index is 323. The standard InChI is InChI=1S/C15H23NO/c1-3-15(16-2)12-8-10-14(11-9-12)17-13-6-4-5-7-13/h8-11,13,15-16H,3-7H2,1-2H3. The van der Waals surface area contributed by atoms with Crippen LogP contribution in [0.15, 0.2) is 24.3 Å². The third-order valence-electron chi connectivity index (χ3n) is 3.64. The minimum absolute atomic E-state index is 0.451. The Morgan fingerprint density at radius 1 is 1.24 bits per heavy atom. The number of benzene rings is 1. The maximum atomic E-state index is 5.96. The summed E-state index contributed by atoms with van der Waals surface area (Å²) in [5, 5.41) is 3.32. The van der Waals surface area contributed by atoms with Gasteiger partial charge in [-0.05, 0) is 56.8 Å². The number of hydrogen-bond donors (Lipinski definition) is 1. The molecule has 2 rings (SSSR count).